The molecule has 16 heavy (non-hydrogen) atoms. The van der Waals surface area contributed by atoms with E-state index in [1.165, 1.54) is 4.88 Å². The van der Waals surface area contributed by atoms with Gasteiger partial charge in [-0.05, 0) is 50.1 Å². The van der Waals surface area contributed by atoms with Gasteiger partial charge in [0.25, 0.3) is 0 Å². The summed E-state index contributed by atoms with van der Waals surface area (Å²) in [5.74, 6) is 0.676. The van der Waals surface area contributed by atoms with E-state index in [1.54, 1.807) is 0 Å². The van der Waals surface area contributed by atoms with Gasteiger partial charge in [0.2, 0.25) is 0 Å². The lowest BCUT2D eigenvalue weighted by Crippen LogP contribution is -2.31. The Bertz CT molecular complexity index is 261. The molecule has 1 aromatic rings. The Kier molecular flexibility index (Phi) is 6.69. The number of rotatable bonds is 8. The molecule has 0 amide bonds. The Labute approximate surface area is 103 Å². The third-order valence-electron chi connectivity index (χ3n) is 2.74. The van der Waals surface area contributed by atoms with Crippen LogP contribution < -0.4 is 5.32 Å². The van der Waals surface area contributed by atoms with Gasteiger partial charge in [-0.15, -0.1) is 11.3 Å². The lowest BCUT2D eigenvalue weighted by Gasteiger charge is -2.17. The SMILES string of the molecule is CC(CNC(C)CCCO)Cc1cccs1. The molecule has 0 aliphatic heterocycles. The summed E-state index contributed by atoms with van der Waals surface area (Å²) >= 11 is 1.84. The van der Waals surface area contributed by atoms with Crippen molar-refractivity contribution in [2.45, 2.75) is 39.2 Å². The molecule has 2 unspecified atom stereocenters. The van der Waals surface area contributed by atoms with Gasteiger partial charge < -0.3 is 10.4 Å². The molecule has 0 bridgehead atoms. The zero-order valence-electron chi connectivity index (χ0n) is 10.3. The second-order valence-electron chi connectivity index (χ2n) is 4.56. The molecule has 0 saturated carbocycles. The molecule has 1 heterocycles. The highest BCUT2D eigenvalue weighted by Crippen LogP contribution is 2.14. The Hall–Kier alpha value is -0.380. The van der Waals surface area contributed by atoms with Crippen LogP contribution in [0.15, 0.2) is 17.5 Å². The first-order valence-corrected chi connectivity index (χ1v) is 6.97. The monoisotopic (exact) mass is 241 g/mol. The molecule has 0 fully saturated rings. The first kappa shape index (κ1) is 13.7. The van der Waals surface area contributed by atoms with Crippen LogP contribution in [0.1, 0.15) is 31.6 Å². The highest BCUT2D eigenvalue weighted by molar-refractivity contribution is 7.09. The fraction of sp³-hybridized carbons (Fsp3) is 0.692. The predicted octanol–water partition coefficient (Wildman–Crippen LogP) is 2.68. The number of hydrogen-bond donors (Lipinski definition) is 2. The molecule has 1 rings (SSSR count). The van der Waals surface area contributed by atoms with E-state index in [0.29, 0.717) is 18.6 Å². The van der Waals surface area contributed by atoms with E-state index in [1.807, 2.05) is 11.3 Å². The van der Waals surface area contributed by atoms with E-state index < -0.39 is 0 Å². The standard InChI is InChI=1S/C13H23NOS/c1-11(9-13-6-4-8-16-13)10-14-12(2)5-3-7-15/h4,6,8,11-12,14-15H,3,5,7,9-10H2,1-2H3. The number of aliphatic hydroxyl groups is 1. The average Bonchev–Trinajstić information content (AvgIpc) is 2.76. The lowest BCUT2D eigenvalue weighted by atomic mass is 10.1. The summed E-state index contributed by atoms with van der Waals surface area (Å²) in [6.07, 6.45) is 3.12. The molecule has 0 radical (unpaired) electrons. The van der Waals surface area contributed by atoms with E-state index >= 15 is 0 Å². The fourth-order valence-electron chi connectivity index (χ4n) is 1.75. The van der Waals surface area contributed by atoms with Crippen molar-refractivity contribution in [3.63, 3.8) is 0 Å². The van der Waals surface area contributed by atoms with Gasteiger partial charge in [-0.1, -0.05) is 13.0 Å². The van der Waals surface area contributed by atoms with Crippen LogP contribution in [0.25, 0.3) is 0 Å². The van der Waals surface area contributed by atoms with Crippen LogP contribution >= 0.6 is 11.3 Å². The summed E-state index contributed by atoms with van der Waals surface area (Å²) < 4.78 is 0. The van der Waals surface area contributed by atoms with Gasteiger partial charge >= 0.3 is 0 Å². The van der Waals surface area contributed by atoms with Crippen LogP contribution in [-0.4, -0.2) is 24.3 Å². The highest BCUT2D eigenvalue weighted by atomic mass is 32.1. The maximum Gasteiger partial charge on any atom is 0.0431 e. The topological polar surface area (TPSA) is 32.3 Å². The summed E-state index contributed by atoms with van der Waals surface area (Å²) in [7, 11) is 0. The molecule has 2 N–H and O–H groups in total. The summed E-state index contributed by atoms with van der Waals surface area (Å²) in [6, 6.07) is 4.83. The molecular formula is C13H23NOS. The van der Waals surface area contributed by atoms with Gasteiger partial charge in [0.1, 0.15) is 0 Å². The van der Waals surface area contributed by atoms with Crippen molar-refractivity contribution in [2.75, 3.05) is 13.2 Å². The van der Waals surface area contributed by atoms with Crippen LogP contribution in [0.4, 0.5) is 0 Å². The van der Waals surface area contributed by atoms with E-state index in [2.05, 4.69) is 36.7 Å². The zero-order valence-corrected chi connectivity index (χ0v) is 11.1. The van der Waals surface area contributed by atoms with Gasteiger partial charge in [-0.3, -0.25) is 0 Å². The fourth-order valence-corrected chi connectivity index (χ4v) is 2.62. The van der Waals surface area contributed by atoms with Crippen LogP contribution in [0.3, 0.4) is 0 Å². The summed E-state index contributed by atoms with van der Waals surface area (Å²) in [5.41, 5.74) is 0. The lowest BCUT2D eigenvalue weighted by molar-refractivity contribution is 0.275. The minimum Gasteiger partial charge on any atom is -0.396 e. The Morgan fingerprint density at radius 2 is 2.25 bits per heavy atom. The molecule has 0 spiro atoms. The van der Waals surface area contributed by atoms with E-state index in [-0.39, 0.29) is 0 Å². The maximum absolute atomic E-state index is 8.74. The number of nitrogens with one attached hydrogen (secondary N) is 1. The smallest absolute Gasteiger partial charge is 0.0431 e. The van der Waals surface area contributed by atoms with Crippen LogP contribution in [0.2, 0.25) is 0 Å². The van der Waals surface area contributed by atoms with Gasteiger partial charge in [-0.2, -0.15) is 0 Å². The van der Waals surface area contributed by atoms with E-state index in [0.717, 1.165) is 25.8 Å². The molecule has 0 aromatic carbocycles. The van der Waals surface area contributed by atoms with Crippen LogP contribution in [0.5, 0.6) is 0 Å². The summed E-state index contributed by atoms with van der Waals surface area (Å²) in [5, 5.41) is 14.4. The molecule has 0 aliphatic carbocycles. The Morgan fingerprint density at radius 1 is 1.44 bits per heavy atom. The maximum atomic E-state index is 8.74. The predicted molar refractivity (Wildman–Crippen MR) is 71.0 cm³/mol. The summed E-state index contributed by atoms with van der Waals surface area (Å²) in [6.45, 7) is 5.83. The van der Waals surface area contributed by atoms with Crippen molar-refractivity contribution >= 4 is 11.3 Å². The minimum absolute atomic E-state index is 0.302. The minimum atomic E-state index is 0.302. The first-order valence-electron chi connectivity index (χ1n) is 6.09. The number of aliphatic hydroxyl groups excluding tert-OH is 1. The summed E-state index contributed by atoms with van der Waals surface area (Å²) in [4.78, 5) is 1.47. The largest absolute Gasteiger partial charge is 0.396 e. The number of hydrogen-bond acceptors (Lipinski definition) is 3. The molecule has 92 valence electrons. The Morgan fingerprint density at radius 3 is 2.88 bits per heavy atom. The average molecular weight is 241 g/mol. The van der Waals surface area contributed by atoms with Crippen molar-refractivity contribution in [3.8, 4) is 0 Å². The van der Waals surface area contributed by atoms with Gasteiger partial charge in [0.15, 0.2) is 0 Å². The number of thiophene rings is 1. The van der Waals surface area contributed by atoms with E-state index in [4.69, 9.17) is 5.11 Å². The first-order chi connectivity index (χ1) is 7.72. The van der Waals surface area contributed by atoms with Crippen molar-refractivity contribution in [1.82, 2.24) is 5.32 Å². The van der Waals surface area contributed by atoms with Gasteiger partial charge in [0, 0.05) is 17.5 Å². The second-order valence-corrected chi connectivity index (χ2v) is 5.60. The second kappa shape index (κ2) is 7.82. The van der Waals surface area contributed by atoms with E-state index in [9.17, 15) is 0 Å². The van der Waals surface area contributed by atoms with Crippen molar-refractivity contribution in [1.29, 1.82) is 0 Å². The molecule has 2 atom stereocenters. The van der Waals surface area contributed by atoms with Crippen LogP contribution in [0, 0.1) is 5.92 Å². The van der Waals surface area contributed by atoms with Crippen molar-refractivity contribution < 1.29 is 5.11 Å². The zero-order chi connectivity index (χ0) is 11.8. The Balaban J connectivity index is 2.12. The van der Waals surface area contributed by atoms with Crippen molar-refractivity contribution in [3.05, 3.63) is 22.4 Å². The third kappa shape index (κ3) is 5.64. The van der Waals surface area contributed by atoms with Crippen molar-refractivity contribution in [2.24, 2.45) is 5.92 Å². The quantitative estimate of drug-likeness (QED) is 0.733. The molecule has 0 saturated heterocycles. The third-order valence-corrected chi connectivity index (χ3v) is 3.64. The molecular weight excluding hydrogens is 218 g/mol. The molecule has 3 heteroatoms. The molecule has 1 aromatic heterocycles. The van der Waals surface area contributed by atoms with Gasteiger partial charge in [0.05, 0.1) is 0 Å². The van der Waals surface area contributed by atoms with Gasteiger partial charge in [-0.25, -0.2) is 0 Å². The normalized spacial score (nSPS) is 14.9. The molecule has 0 aliphatic rings. The van der Waals surface area contributed by atoms with Crippen LogP contribution in [-0.2, 0) is 6.42 Å². The molecule has 2 nitrogen and oxygen atoms in total. The highest BCUT2D eigenvalue weighted by Gasteiger charge is 2.06.